The SMILES string of the molecule is C/[C]=N\OCc1cccc(C)c1. The third kappa shape index (κ3) is 2.74. The molecule has 0 saturated carbocycles. The zero-order chi connectivity index (χ0) is 8.81. The van der Waals surface area contributed by atoms with Crippen molar-refractivity contribution >= 4 is 6.21 Å². The second-order valence-corrected chi connectivity index (χ2v) is 2.58. The Labute approximate surface area is 72.9 Å². The normalized spacial score (nSPS) is 10.5. The average Bonchev–Trinajstić information content (AvgIpc) is 2.05. The minimum atomic E-state index is 0.516. The molecule has 0 aliphatic heterocycles. The van der Waals surface area contributed by atoms with Crippen molar-refractivity contribution in [3.05, 3.63) is 35.4 Å². The highest BCUT2D eigenvalue weighted by Gasteiger charge is 1.91. The highest BCUT2D eigenvalue weighted by Crippen LogP contribution is 2.04. The predicted octanol–water partition coefficient (Wildman–Crippen LogP) is 2.39. The average molecular weight is 162 g/mol. The molecule has 1 radical (unpaired) electrons. The van der Waals surface area contributed by atoms with Gasteiger partial charge in [-0.3, -0.25) is 0 Å². The first kappa shape index (κ1) is 8.78. The van der Waals surface area contributed by atoms with Crippen molar-refractivity contribution in [3.8, 4) is 0 Å². The summed E-state index contributed by atoms with van der Waals surface area (Å²) >= 11 is 0. The molecule has 0 heterocycles. The Morgan fingerprint density at radius 1 is 1.50 bits per heavy atom. The van der Waals surface area contributed by atoms with Crippen molar-refractivity contribution in [3.63, 3.8) is 0 Å². The summed E-state index contributed by atoms with van der Waals surface area (Å²) in [6, 6.07) is 8.15. The van der Waals surface area contributed by atoms with Gasteiger partial charge >= 0.3 is 0 Å². The highest BCUT2D eigenvalue weighted by atomic mass is 16.6. The van der Waals surface area contributed by atoms with Crippen LogP contribution in [0.3, 0.4) is 0 Å². The van der Waals surface area contributed by atoms with E-state index in [1.54, 1.807) is 6.92 Å². The molecule has 0 aromatic heterocycles. The maximum Gasteiger partial charge on any atom is 0.142 e. The van der Waals surface area contributed by atoms with E-state index in [2.05, 4.69) is 30.4 Å². The number of nitrogens with zero attached hydrogens (tertiary/aromatic N) is 1. The molecule has 1 aromatic carbocycles. The minimum Gasteiger partial charge on any atom is -0.391 e. The number of hydrogen-bond acceptors (Lipinski definition) is 2. The Hall–Kier alpha value is -1.31. The quantitative estimate of drug-likeness (QED) is 0.494. The van der Waals surface area contributed by atoms with Crippen LogP contribution in [-0.2, 0) is 11.4 Å². The Kier molecular flexibility index (Phi) is 3.33. The van der Waals surface area contributed by atoms with E-state index in [-0.39, 0.29) is 0 Å². The number of rotatable bonds is 3. The third-order valence-electron chi connectivity index (χ3n) is 1.47. The van der Waals surface area contributed by atoms with Gasteiger partial charge < -0.3 is 4.84 Å². The summed E-state index contributed by atoms with van der Waals surface area (Å²) in [5, 5.41) is 3.55. The molecule has 2 nitrogen and oxygen atoms in total. The van der Waals surface area contributed by atoms with Gasteiger partial charge in [0.25, 0.3) is 0 Å². The van der Waals surface area contributed by atoms with Crippen molar-refractivity contribution in [2.45, 2.75) is 20.5 Å². The van der Waals surface area contributed by atoms with E-state index in [1.807, 2.05) is 12.1 Å². The van der Waals surface area contributed by atoms with Gasteiger partial charge in [-0.15, -0.1) is 0 Å². The summed E-state index contributed by atoms with van der Waals surface area (Å²) in [4.78, 5) is 4.94. The van der Waals surface area contributed by atoms with Crippen molar-refractivity contribution in [1.82, 2.24) is 0 Å². The summed E-state index contributed by atoms with van der Waals surface area (Å²) in [6.07, 6.45) is 2.56. The van der Waals surface area contributed by atoms with Gasteiger partial charge in [-0.25, -0.2) is 0 Å². The van der Waals surface area contributed by atoms with E-state index in [0.29, 0.717) is 6.61 Å². The third-order valence-corrected chi connectivity index (χ3v) is 1.47. The van der Waals surface area contributed by atoms with Crippen LogP contribution in [0.2, 0.25) is 0 Å². The summed E-state index contributed by atoms with van der Waals surface area (Å²) in [6.45, 7) is 4.28. The van der Waals surface area contributed by atoms with Crippen molar-refractivity contribution in [2.24, 2.45) is 5.16 Å². The lowest BCUT2D eigenvalue weighted by Crippen LogP contribution is -1.87. The molecule has 0 fully saturated rings. The molecule has 0 N–H and O–H groups in total. The van der Waals surface area contributed by atoms with Gasteiger partial charge in [-0.1, -0.05) is 35.0 Å². The molecule has 0 saturated heterocycles. The van der Waals surface area contributed by atoms with Crippen LogP contribution in [-0.4, -0.2) is 6.21 Å². The summed E-state index contributed by atoms with van der Waals surface area (Å²) < 4.78 is 0. The van der Waals surface area contributed by atoms with Crippen LogP contribution < -0.4 is 0 Å². The van der Waals surface area contributed by atoms with E-state index >= 15 is 0 Å². The van der Waals surface area contributed by atoms with Crippen LogP contribution in [0.15, 0.2) is 29.4 Å². The molecular weight excluding hydrogens is 150 g/mol. The highest BCUT2D eigenvalue weighted by molar-refractivity contribution is 5.52. The van der Waals surface area contributed by atoms with Crippen molar-refractivity contribution in [2.75, 3.05) is 0 Å². The van der Waals surface area contributed by atoms with Crippen molar-refractivity contribution < 1.29 is 4.84 Å². The van der Waals surface area contributed by atoms with Gasteiger partial charge in [-0.05, 0) is 19.4 Å². The summed E-state index contributed by atoms with van der Waals surface area (Å²) in [7, 11) is 0. The van der Waals surface area contributed by atoms with Crippen LogP contribution in [0.4, 0.5) is 0 Å². The summed E-state index contributed by atoms with van der Waals surface area (Å²) in [5.74, 6) is 0. The van der Waals surface area contributed by atoms with Crippen LogP contribution in [0.5, 0.6) is 0 Å². The smallest absolute Gasteiger partial charge is 0.142 e. The second kappa shape index (κ2) is 4.54. The van der Waals surface area contributed by atoms with Gasteiger partial charge in [0, 0.05) is 0 Å². The molecule has 0 amide bonds. The molecule has 0 aliphatic rings. The minimum absolute atomic E-state index is 0.516. The van der Waals surface area contributed by atoms with Crippen LogP contribution in [0.1, 0.15) is 18.1 Å². The maximum atomic E-state index is 4.94. The lowest BCUT2D eigenvalue weighted by molar-refractivity contribution is 0.132. The van der Waals surface area contributed by atoms with Gasteiger partial charge in [0.05, 0.1) is 0 Å². The fraction of sp³-hybridized carbons (Fsp3) is 0.300. The molecule has 0 bridgehead atoms. The molecule has 0 aliphatic carbocycles. The van der Waals surface area contributed by atoms with E-state index in [4.69, 9.17) is 4.84 Å². The molecule has 1 rings (SSSR count). The molecule has 0 unspecified atom stereocenters. The maximum absolute atomic E-state index is 4.94. The summed E-state index contributed by atoms with van der Waals surface area (Å²) in [5.41, 5.74) is 2.37. The molecular formula is C10H12NO. The Morgan fingerprint density at radius 3 is 3.00 bits per heavy atom. The van der Waals surface area contributed by atoms with Gasteiger partial charge in [0.15, 0.2) is 0 Å². The molecule has 12 heavy (non-hydrogen) atoms. The van der Waals surface area contributed by atoms with E-state index < -0.39 is 0 Å². The fourth-order valence-electron chi connectivity index (χ4n) is 0.973. The predicted molar refractivity (Wildman–Crippen MR) is 49.1 cm³/mol. The molecule has 63 valence electrons. The first-order valence-corrected chi connectivity index (χ1v) is 3.87. The lowest BCUT2D eigenvalue weighted by atomic mass is 10.1. The van der Waals surface area contributed by atoms with E-state index in [0.717, 1.165) is 5.56 Å². The van der Waals surface area contributed by atoms with Gasteiger partial charge in [-0.2, -0.15) is 0 Å². The van der Waals surface area contributed by atoms with Gasteiger partial charge in [0.2, 0.25) is 0 Å². The monoisotopic (exact) mass is 162 g/mol. The first-order chi connectivity index (χ1) is 5.83. The molecule has 0 atom stereocenters. The van der Waals surface area contributed by atoms with Gasteiger partial charge in [0.1, 0.15) is 12.8 Å². The number of aryl methyl sites for hydroxylation is 1. The number of benzene rings is 1. The van der Waals surface area contributed by atoms with Crippen molar-refractivity contribution in [1.29, 1.82) is 0 Å². The zero-order valence-electron chi connectivity index (χ0n) is 7.37. The number of hydrogen-bond donors (Lipinski definition) is 0. The Morgan fingerprint density at radius 2 is 2.33 bits per heavy atom. The topological polar surface area (TPSA) is 21.6 Å². The molecule has 1 aromatic rings. The molecule has 2 heteroatoms. The second-order valence-electron chi connectivity index (χ2n) is 2.58. The van der Waals surface area contributed by atoms with Crippen LogP contribution >= 0.6 is 0 Å². The Balaban J connectivity index is 2.52. The fourth-order valence-corrected chi connectivity index (χ4v) is 0.973. The van der Waals surface area contributed by atoms with E-state index in [1.165, 1.54) is 5.56 Å². The lowest BCUT2D eigenvalue weighted by Gasteiger charge is -1.99. The molecule has 0 spiro atoms. The first-order valence-electron chi connectivity index (χ1n) is 3.87. The van der Waals surface area contributed by atoms with Crippen LogP contribution in [0.25, 0.3) is 0 Å². The Bertz CT molecular complexity index is 268. The standard InChI is InChI=1S/C10H12NO/c1-3-11-12-8-10-6-4-5-9(2)7-10/h4-7H,8H2,1-2H3. The zero-order valence-corrected chi connectivity index (χ0v) is 7.37. The largest absolute Gasteiger partial charge is 0.391 e. The van der Waals surface area contributed by atoms with Crippen LogP contribution in [0, 0.1) is 6.92 Å². The van der Waals surface area contributed by atoms with E-state index in [9.17, 15) is 0 Å².